The summed E-state index contributed by atoms with van der Waals surface area (Å²) in [6.07, 6.45) is 1.32. The highest BCUT2D eigenvalue weighted by molar-refractivity contribution is 6.33. The van der Waals surface area contributed by atoms with Crippen LogP contribution in [-0.2, 0) is 4.79 Å². The summed E-state index contributed by atoms with van der Waals surface area (Å²) in [5.41, 5.74) is 5.47. The number of nitrogen functional groups attached to an aromatic ring is 1. The molecular formula is C8H5N3O2. The van der Waals surface area contributed by atoms with Crippen molar-refractivity contribution in [2.75, 3.05) is 5.73 Å². The second kappa shape index (κ2) is 3.45. The van der Waals surface area contributed by atoms with E-state index in [-0.39, 0.29) is 23.2 Å². The Morgan fingerprint density at radius 1 is 1.69 bits per heavy atom. The number of carbonyl (C=O) groups excluding carboxylic acids is 2. The third-order valence-corrected chi connectivity index (χ3v) is 1.43. The molecule has 0 atom stereocenters. The van der Waals surface area contributed by atoms with Crippen molar-refractivity contribution in [1.82, 2.24) is 4.98 Å². The maximum Gasteiger partial charge on any atom is 0.226 e. The van der Waals surface area contributed by atoms with Crippen LogP contribution in [0.5, 0.6) is 0 Å². The number of aldehydes is 1. The van der Waals surface area contributed by atoms with E-state index in [1.54, 1.807) is 6.07 Å². The van der Waals surface area contributed by atoms with Gasteiger partial charge in [-0.1, -0.05) is 0 Å². The van der Waals surface area contributed by atoms with Crippen molar-refractivity contribution >= 4 is 17.9 Å². The second-order valence-electron chi connectivity index (χ2n) is 2.25. The van der Waals surface area contributed by atoms with Gasteiger partial charge in [0.15, 0.2) is 6.29 Å². The number of carbonyl (C=O) groups is 2. The third-order valence-electron chi connectivity index (χ3n) is 1.43. The number of nitriles is 1. The maximum absolute atomic E-state index is 10.8. The van der Waals surface area contributed by atoms with E-state index >= 15 is 0 Å². The first-order valence-electron chi connectivity index (χ1n) is 3.34. The van der Waals surface area contributed by atoms with Crippen molar-refractivity contribution < 1.29 is 9.59 Å². The fraction of sp³-hybridized carbons (Fsp3) is 0. The van der Waals surface area contributed by atoms with Crippen LogP contribution in [0.15, 0.2) is 12.3 Å². The largest absolute Gasteiger partial charge is 0.383 e. The lowest BCUT2D eigenvalue weighted by Crippen LogP contribution is -2.03. The first-order chi connectivity index (χ1) is 6.19. The molecule has 13 heavy (non-hydrogen) atoms. The summed E-state index contributed by atoms with van der Waals surface area (Å²) in [5, 5.41) is 8.53. The van der Waals surface area contributed by atoms with Gasteiger partial charge in [-0.25, -0.2) is 4.98 Å². The third kappa shape index (κ3) is 1.68. The molecule has 1 aromatic heterocycles. The first-order valence-corrected chi connectivity index (χ1v) is 3.34. The maximum atomic E-state index is 10.8. The molecule has 0 unspecified atom stereocenters. The zero-order valence-electron chi connectivity index (χ0n) is 6.52. The van der Waals surface area contributed by atoms with Crippen LogP contribution < -0.4 is 5.73 Å². The van der Waals surface area contributed by atoms with Gasteiger partial charge in [-0.3, -0.25) is 9.59 Å². The summed E-state index contributed by atoms with van der Waals surface area (Å²) in [6, 6.07) is 2.99. The number of ketones is 1. The van der Waals surface area contributed by atoms with Gasteiger partial charge in [-0.2, -0.15) is 5.26 Å². The molecule has 1 aromatic rings. The Morgan fingerprint density at radius 2 is 2.38 bits per heavy atom. The number of anilines is 1. The van der Waals surface area contributed by atoms with Gasteiger partial charge in [0, 0.05) is 11.8 Å². The Hall–Kier alpha value is -2.22. The van der Waals surface area contributed by atoms with Crippen molar-refractivity contribution in [2.24, 2.45) is 0 Å². The Morgan fingerprint density at radius 3 is 2.92 bits per heavy atom. The highest BCUT2D eigenvalue weighted by Gasteiger charge is 2.07. The molecule has 0 spiro atoms. The average Bonchev–Trinajstić information content (AvgIpc) is 2.17. The summed E-state index contributed by atoms with van der Waals surface area (Å²) in [5.74, 6) is -0.672. The van der Waals surface area contributed by atoms with E-state index in [0.29, 0.717) is 0 Å². The van der Waals surface area contributed by atoms with E-state index in [2.05, 4.69) is 4.98 Å². The van der Waals surface area contributed by atoms with Gasteiger partial charge in [-0.05, 0) is 6.07 Å². The summed E-state index contributed by atoms with van der Waals surface area (Å²) < 4.78 is 0. The first kappa shape index (κ1) is 8.87. The lowest BCUT2D eigenvalue weighted by atomic mass is 10.1. The normalized spacial score (nSPS) is 8.85. The SMILES string of the molecule is N#Cc1cc(C(=O)C=O)cnc1N. The van der Waals surface area contributed by atoms with Gasteiger partial charge in [0.05, 0.1) is 5.56 Å². The number of hydrogen-bond acceptors (Lipinski definition) is 5. The molecule has 0 fully saturated rings. The monoisotopic (exact) mass is 175 g/mol. The highest BCUT2D eigenvalue weighted by Crippen LogP contribution is 2.08. The van der Waals surface area contributed by atoms with Crippen LogP contribution in [0.2, 0.25) is 0 Å². The number of nitrogens with zero attached hydrogens (tertiary/aromatic N) is 2. The van der Waals surface area contributed by atoms with E-state index in [1.807, 2.05) is 0 Å². The van der Waals surface area contributed by atoms with Crippen molar-refractivity contribution in [3.05, 3.63) is 23.4 Å². The predicted octanol–water partition coefficient (Wildman–Crippen LogP) is -0.0829. The van der Waals surface area contributed by atoms with E-state index < -0.39 is 5.78 Å². The van der Waals surface area contributed by atoms with Crippen LogP contribution in [0.3, 0.4) is 0 Å². The number of hydrogen-bond donors (Lipinski definition) is 1. The van der Waals surface area contributed by atoms with Crippen LogP contribution in [0.4, 0.5) is 5.82 Å². The number of nitrogens with two attached hydrogens (primary N) is 1. The van der Waals surface area contributed by atoms with Crippen LogP contribution >= 0.6 is 0 Å². The molecule has 0 aliphatic heterocycles. The molecule has 0 saturated carbocycles. The molecule has 1 rings (SSSR count). The number of rotatable bonds is 2. The number of aromatic nitrogens is 1. The molecule has 5 nitrogen and oxygen atoms in total. The minimum absolute atomic E-state index is 0.0462. The van der Waals surface area contributed by atoms with Crippen molar-refractivity contribution in [3.63, 3.8) is 0 Å². The average molecular weight is 175 g/mol. The molecule has 0 radical (unpaired) electrons. The molecule has 64 valence electrons. The fourth-order valence-electron chi connectivity index (χ4n) is 0.768. The quantitative estimate of drug-likeness (QED) is 0.385. The van der Waals surface area contributed by atoms with Gasteiger partial charge in [0.25, 0.3) is 0 Å². The fourth-order valence-corrected chi connectivity index (χ4v) is 0.768. The van der Waals surface area contributed by atoms with E-state index in [1.165, 1.54) is 6.07 Å². The zero-order chi connectivity index (χ0) is 9.84. The van der Waals surface area contributed by atoms with Gasteiger partial charge in [0.2, 0.25) is 5.78 Å². The van der Waals surface area contributed by atoms with Crippen molar-refractivity contribution in [1.29, 1.82) is 5.26 Å². The van der Waals surface area contributed by atoms with Gasteiger partial charge < -0.3 is 5.73 Å². The summed E-state index contributed by atoms with van der Waals surface area (Å²) in [6.45, 7) is 0. The molecule has 0 saturated heterocycles. The van der Waals surface area contributed by atoms with Crippen molar-refractivity contribution in [3.8, 4) is 6.07 Å². The topological polar surface area (TPSA) is 96.8 Å². The molecule has 0 aliphatic rings. The van der Waals surface area contributed by atoms with E-state index in [4.69, 9.17) is 11.0 Å². The smallest absolute Gasteiger partial charge is 0.226 e. The summed E-state index contributed by atoms with van der Waals surface area (Å²) in [4.78, 5) is 24.5. The Balaban J connectivity index is 3.23. The van der Waals surface area contributed by atoms with Crippen LogP contribution in [-0.4, -0.2) is 17.1 Å². The van der Waals surface area contributed by atoms with Crippen LogP contribution in [0.25, 0.3) is 0 Å². The molecule has 0 amide bonds. The van der Waals surface area contributed by atoms with Gasteiger partial charge >= 0.3 is 0 Å². The molecule has 0 aliphatic carbocycles. The standard InChI is InChI=1S/C8H5N3O2/c9-2-5-1-6(7(13)4-12)3-11-8(5)10/h1,3-4H,(H2,10,11). The molecule has 0 bridgehead atoms. The number of Topliss-reactive ketones (excluding diaryl/α,β-unsaturated/α-hetero) is 1. The molecular weight excluding hydrogens is 170 g/mol. The van der Waals surface area contributed by atoms with Gasteiger partial charge in [0.1, 0.15) is 11.9 Å². The molecule has 0 aromatic carbocycles. The van der Waals surface area contributed by atoms with E-state index in [0.717, 1.165) is 6.20 Å². The lowest BCUT2D eigenvalue weighted by molar-refractivity contribution is -0.104. The second-order valence-corrected chi connectivity index (χ2v) is 2.25. The van der Waals surface area contributed by atoms with Crippen molar-refractivity contribution in [2.45, 2.75) is 0 Å². The van der Waals surface area contributed by atoms with Gasteiger partial charge in [-0.15, -0.1) is 0 Å². The minimum atomic E-state index is -0.719. The Labute approximate surface area is 73.8 Å². The zero-order valence-corrected chi connectivity index (χ0v) is 6.52. The predicted molar refractivity (Wildman–Crippen MR) is 43.8 cm³/mol. The molecule has 5 heteroatoms. The minimum Gasteiger partial charge on any atom is -0.383 e. The van der Waals surface area contributed by atoms with E-state index in [9.17, 15) is 9.59 Å². The Bertz CT molecular complexity index is 406. The van der Waals surface area contributed by atoms with Crippen LogP contribution in [0.1, 0.15) is 15.9 Å². The highest BCUT2D eigenvalue weighted by atomic mass is 16.2. The summed E-state index contributed by atoms with van der Waals surface area (Å²) in [7, 11) is 0. The Kier molecular flexibility index (Phi) is 2.36. The molecule has 2 N–H and O–H groups in total. The summed E-state index contributed by atoms with van der Waals surface area (Å²) >= 11 is 0. The van der Waals surface area contributed by atoms with Crippen LogP contribution in [0, 0.1) is 11.3 Å². The number of pyridine rings is 1. The molecule has 1 heterocycles. The lowest BCUT2D eigenvalue weighted by Gasteiger charge is -1.97.